The minimum Gasteiger partial charge on any atom is -0.356 e. The maximum atomic E-state index is 4.88. The summed E-state index contributed by atoms with van der Waals surface area (Å²) in [5, 5.41) is 10.8. The Bertz CT molecular complexity index is 281. The molecule has 62 valence electrons. The van der Waals surface area contributed by atoms with E-state index in [4.69, 9.17) is 12.2 Å². The van der Waals surface area contributed by atoms with Gasteiger partial charge < -0.3 is 5.32 Å². The fraction of sp³-hybridized carbons (Fsp3) is 0.667. The molecule has 3 nitrogen and oxygen atoms in total. The molecule has 0 bridgehead atoms. The largest absolute Gasteiger partial charge is 0.356 e. The van der Waals surface area contributed by atoms with Gasteiger partial charge in [-0.2, -0.15) is 0 Å². The molecule has 2 N–H and O–H groups in total. The molecular formula is C6H11N3S2. The molecule has 11 heavy (non-hydrogen) atoms. The highest BCUT2D eigenvalue weighted by Crippen LogP contribution is 2.16. The molecule has 0 atom stereocenters. The van der Waals surface area contributed by atoms with Crippen LogP contribution in [0.25, 0.3) is 0 Å². The molecule has 0 amide bonds. The van der Waals surface area contributed by atoms with Crippen molar-refractivity contribution in [3.63, 3.8) is 0 Å². The maximum Gasteiger partial charge on any atom is 0.204 e. The summed E-state index contributed by atoms with van der Waals surface area (Å²) >= 11 is 6.33. The minimum absolute atomic E-state index is 0.0491. The van der Waals surface area contributed by atoms with Crippen LogP contribution in [0.5, 0.6) is 0 Å². The Morgan fingerprint density at radius 2 is 2.18 bits per heavy atom. The highest BCUT2D eigenvalue weighted by Gasteiger charge is 2.10. The van der Waals surface area contributed by atoms with Crippen LogP contribution in [0, 0.1) is 3.95 Å². The van der Waals surface area contributed by atoms with Crippen molar-refractivity contribution >= 4 is 28.7 Å². The lowest BCUT2D eigenvalue weighted by Crippen LogP contribution is -2.25. The molecule has 0 unspecified atom stereocenters. The van der Waals surface area contributed by atoms with Crippen LogP contribution in [0.4, 0.5) is 5.13 Å². The Labute approximate surface area is 74.8 Å². The van der Waals surface area contributed by atoms with Crippen LogP contribution in [0.2, 0.25) is 0 Å². The zero-order chi connectivity index (χ0) is 8.48. The van der Waals surface area contributed by atoms with Gasteiger partial charge in [-0.1, -0.05) is 11.3 Å². The fourth-order valence-corrected chi connectivity index (χ4v) is 1.60. The first kappa shape index (κ1) is 8.67. The first-order valence-electron chi connectivity index (χ1n) is 3.31. The quantitative estimate of drug-likeness (QED) is 0.666. The van der Waals surface area contributed by atoms with Gasteiger partial charge in [0.1, 0.15) is 0 Å². The van der Waals surface area contributed by atoms with E-state index < -0.39 is 0 Å². The third-order valence-corrected chi connectivity index (χ3v) is 1.92. The number of aromatic amines is 1. The highest BCUT2D eigenvalue weighted by atomic mass is 32.1. The summed E-state index contributed by atoms with van der Waals surface area (Å²) in [6.07, 6.45) is 0. The molecule has 0 radical (unpaired) electrons. The van der Waals surface area contributed by atoms with Gasteiger partial charge in [-0.15, -0.1) is 5.10 Å². The Balaban J connectivity index is 2.73. The lowest BCUT2D eigenvalue weighted by molar-refractivity contribution is 0.632. The van der Waals surface area contributed by atoms with E-state index in [2.05, 4.69) is 36.3 Å². The molecule has 5 heteroatoms. The molecule has 0 aromatic carbocycles. The Hall–Kier alpha value is -0.420. The summed E-state index contributed by atoms with van der Waals surface area (Å²) in [5.41, 5.74) is 0.0491. The SMILES string of the molecule is CC(C)(C)Nc1n[nH]c(=S)s1. The predicted octanol–water partition coefficient (Wildman–Crippen LogP) is 2.41. The number of H-pyrrole nitrogens is 1. The van der Waals surface area contributed by atoms with E-state index in [0.29, 0.717) is 3.95 Å². The summed E-state index contributed by atoms with van der Waals surface area (Å²) in [6.45, 7) is 6.24. The highest BCUT2D eigenvalue weighted by molar-refractivity contribution is 7.73. The molecule has 0 fully saturated rings. The first-order chi connectivity index (χ1) is 4.97. The molecule has 1 aromatic rings. The normalized spacial score (nSPS) is 11.5. The average Bonchev–Trinajstić information content (AvgIpc) is 2.10. The zero-order valence-corrected chi connectivity index (χ0v) is 8.40. The van der Waals surface area contributed by atoms with E-state index in [1.807, 2.05) is 0 Å². The summed E-state index contributed by atoms with van der Waals surface area (Å²) < 4.78 is 0.705. The van der Waals surface area contributed by atoms with E-state index in [0.717, 1.165) is 5.13 Å². The predicted molar refractivity (Wildman–Crippen MR) is 50.7 cm³/mol. The maximum absolute atomic E-state index is 4.88. The van der Waals surface area contributed by atoms with E-state index >= 15 is 0 Å². The molecule has 1 heterocycles. The number of hydrogen-bond donors (Lipinski definition) is 2. The van der Waals surface area contributed by atoms with Crippen LogP contribution in [0.15, 0.2) is 0 Å². The van der Waals surface area contributed by atoms with Crippen molar-refractivity contribution in [1.29, 1.82) is 0 Å². The van der Waals surface area contributed by atoms with Gasteiger partial charge in [0, 0.05) is 5.54 Å². The molecular weight excluding hydrogens is 178 g/mol. The first-order valence-corrected chi connectivity index (χ1v) is 4.53. The second kappa shape index (κ2) is 2.91. The Kier molecular flexibility index (Phi) is 2.29. The Morgan fingerprint density at radius 1 is 1.55 bits per heavy atom. The van der Waals surface area contributed by atoms with Gasteiger partial charge in [0.05, 0.1) is 0 Å². The number of aromatic nitrogens is 2. The molecule has 1 aromatic heterocycles. The summed E-state index contributed by atoms with van der Waals surface area (Å²) in [5.74, 6) is 0. The van der Waals surface area contributed by atoms with Crippen molar-refractivity contribution < 1.29 is 0 Å². The van der Waals surface area contributed by atoms with Crippen LogP contribution >= 0.6 is 23.6 Å². The van der Waals surface area contributed by atoms with Crippen LogP contribution < -0.4 is 5.32 Å². The molecule has 0 aliphatic rings. The van der Waals surface area contributed by atoms with E-state index in [9.17, 15) is 0 Å². The number of rotatable bonds is 1. The van der Waals surface area contributed by atoms with Crippen LogP contribution in [-0.4, -0.2) is 15.7 Å². The number of anilines is 1. The van der Waals surface area contributed by atoms with Gasteiger partial charge in [-0.3, -0.25) is 5.10 Å². The topological polar surface area (TPSA) is 40.7 Å². The van der Waals surface area contributed by atoms with Gasteiger partial charge in [0.2, 0.25) is 5.13 Å². The van der Waals surface area contributed by atoms with Crippen molar-refractivity contribution in [3.8, 4) is 0 Å². The standard InChI is InChI=1S/C6H11N3S2/c1-6(2,3)7-4-8-9-5(10)11-4/h1-3H3,(H,7,8)(H,9,10). The second-order valence-corrected chi connectivity index (χ2v) is 4.96. The van der Waals surface area contributed by atoms with Crippen molar-refractivity contribution in [1.82, 2.24) is 10.2 Å². The van der Waals surface area contributed by atoms with Crippen LogP contribution in [-0.2, 0) is 0 Å². The number of nitrogens with one attached hydrogen (secondary N) is 2. The summed E-state index contributed by atoms with van der Waals surface area (Å²) in [7, 11) is 0. The van der Waals surface area contributed by atoms with Crippen molar-refractivity contribution in [2.24, 2.45) is 0 Å². The second-order valence-electron chi connectivity index (χ2n) is 3.29. The number of nitrogens with zero attached hydrogens (tertiary/aromatic N) is 1. The van der Waals surface area contributed by atoms with Gasteiger partial charge in [0.15, 0.2) is 3.95 Å². The third kappa shape index (κ3) is 2.98. The van der Waals surface area contributed by atoms with E-state index in [1.54, 1.807) is 0 Å². The van der Waals surface area contributed by atoms with Crippen molar-refractivity contribution in [3.05, 3.63) is 3.95 Å². The van der Waals surface area contributed by atoms with Crippen LogP contribution in [0.3, 0.4) is 0 Å². The van der Waals surface area contributed by atoms with Gasteiger partial charge in [-0.05, 0) is 33.0 Å². The van der Waals surface area contributed by atoms with Gasteiger partial charge in [-0.25, -0.2) is 0 Å². The van der Waals surface area contributed by atoms with Crippen LogP contribution in [0.1, 0.15) is 20.8 Å². The summed E-state index contributed by atoms with van der Waals surface area (Å²) in [4.78, 5) is 0. The molecule has 0 aliphatic carbocycles. The lowest BCUT2D eigenvalue weighted by Gasteiger charge is -2.18. The zero-order valence-electron chi connectivity index (χ0n) is 6.76. The molecule has 0 aliphatic heterocycles. The van der Waals surface area contributed by atoms with Gasteiger partial charge >= 0.3 is 0 Å². The molecule has 0 spiro atoms. The number of hydrogen-bond acceptors (Lipinski definition) is 4. The molecule has 1 rings (SSSR count). The average molecular weight is 189 g/mol. The van der Waals surface area contributed by atoms with Crippen molar-refractivity contribution in [2.75, 3.05) is 5.32 Å². The van der Waals surface area contributed by atoms with E-state index in [1.165, 1.54) is 11.3 Å². The Morgan fingerprint density at radius 3 is 2.55 bits per heavy atom. The van der Waals surface area contributed by atoms with E-state index in [-0.39, 0.29) is 5.54 Å². The van der Waals surface area contributed by atoms with Gasteiger partial charge in [0.25, 0.3) is 0 Å². The third-order valence-electron chi connectivity index (χ3n) is 0.920. The van der Waals surface area contributed by atoms with Crippen molar-refractivity contribution in [2.45, 2.75) is 26.3 Å². The lowest BCUT2D eigenvalue weighted by atomic mass is 10.1. The minimum atomic E-state index is 0.0491. The molecule has 0 saturated carbocycles. The summed E-state index contributed by atoms with van der Waals surface area (Å²) in [6, 6.07) is 0. The smallest absolute Gasteiger partial charge is 0.204 e. The molecule has 0 saturated heterocycles. The monoisotopic (exact) mass is 189 g/mol. The fourth-order valence-electron chi connectivity index (χ4n) is 0.604.